The first-order valence-electron chi connectivity index (χ1n) is 11.7. The summed E-state index contributed by atoms with van der Waals surface area (Å²) in [4.78, 5) is 53.3. The number of carbonyl (C=O) groups is 4. The number of carbonyl (C=O) groups excluding carboxylic acids is 4. The van der Waals surface area contributed by atoms with Gasteiger partial charge in [-0.3, -0.25) is 9.69 Å². The summed E-state index contributed by atoms with van der Waals surface area (Å²) >= 11 is 0. The molecule has 0 saturated carbocycles. The lowest BCUT2D eigenvalue weighted by molar-refractivity contribution is -0.139. The average Bonchev–Trinajstić information content (AvgIpc) is 3.14. The first-order valence-corrected chi connectivity index (χ1v) is 11.7. The Morgan fingerprint density at radius 2 is 1.72 bits per heavy atom. The lowest BCUT2D eigenvalue weighted by Crippen LogP contribution is -2.49. The second-order valence-electron chi connectivity index (χ2n) is 8.36. The topological polar surface area (TPSA) is 126 Å². The van der Waals surface area contributed by atoms with Crippen LogP contribution in [0.3, 0.4) is 0 Å². The van der Waals surface area contributed by atoms with Gasteiger partial charge in [-0.05, 0) is 36.6 Å². The van der Waals surface area contributed by atoms with E-state index in [1.54, 1.807) is 69.5 Å². The van der Waals surface area contributed by atoms with Gasteiger partial charge in [0.1, 0.15) is 11.3 Å². The summed E-state index contributed by atoms with van der Waals surface area (Å²) in [6.07, 6.45) is 0.296. The molecule has 5 amide bonds. The summed E-state index contributed by atoms with van der Waals surface area (Å²) in [5, 5.41) is 8.16. The Kier molecular flexibility index (Phi) is 6.96. The van der Waals surface area contributed by atoms with Crippen molar-refractivity contribution in [2.45, 2.75) is 31.8 Å². The number of ether oxygens (including phenoxy) is 2. The van der Waals surface area contributed by atoms with E-state index in [9.17, 15) is 19.2 Å². The molecule has 2 aliphatic heterocycles. The van der Waals surface area contributed by atoms with Crippen LogP contribution in [-0.4, -0.2) is 49.1 Å². The van der Waals surface area contributed by atoms with Crippen molar-refractivity contribution in [1.82, 2.24) is 20.9 Å². The van der Waals surface area contributed by atoms with Crippen LogP contribution in [0.1, 0.15) is 37.4 Å². The number of imide groups is 1. The molecule has 2 heterocycles. The number of methoxy groups -OCH3 is 1. The van der Waals surface area contributed by atoms with Crippen LogP contribution in [0.4, 0.5) is 9.59 Å². The number of amides is 5. The molecular weight excluding hydrogens is 464 g/mol. The fraction of sp³-hybridized carbons (Fsp3) is 0.308. The van der Waals surface area contributed by atoms with Gasteiger partial charge in [-0.25, -0.2) is 14.4 Å². The van der Waals surface area contributed by atoms with Gasteiger partial charge >= 0.3 is 18.0 Å². The maximum absolute atomic E-state index is 13.7. The molecule has 0 aromatic heterocycles. The molecule has 2 aromatic carbocycles. The van der Waals surface area contributed by atoms with E-state index in [1.807, 2.05) is 6.07 Å². The molecule has 2 atom stereocenters. The molecule has 4 rings (SSSR count). The third-order valence-corrected chi connectivity index (χ3v) is 6.39. The number of esters is 1. The molecule has 2 aliphatic rings. The summed E-state index contributed by atoms with van der Waals surface area (Å²) in [7, 11) is 1.54. The number of nitrogens with zero attached hydrogens (tertiary/aromatic N) is 1. The third-order valence-electron chi connectivity index (χ3n) is 6.39. The van der Waals surface area contributed by atoms with E-state index in [-0.39, 0.29) is 24.4 Å². The fourth-order valence-corrected chi connectivity index (χ4v) is 4.53. The monoisotopic (exact) mass is 492 g/mol. The molecule has 1 fully saturated rings. The predicted molar refractivity (Wildman–Crippen MR) is 130 cm³/mol. The van der Waals surface area contributed by atoms with Gasteiger partial charge in [0.15, 0.2) is 0 Å². The third kappa shape index (κ3) is 4.37. The Hall–Kier alpha value is -4.34. The maximum atomic E-state index is 13.7. The number of hydrogen-bond donors (Lipinski definition) is 3. The van der Waals surface area contributed by atoms with Crippen LogP contribution in [0.2, 0.25) is 0 Å². The summed E-state index contributed by atoms with van der Waals surface area (Å²) in [5.74, 6) is -0.523. The second kappa shape index (κ2) is 10.1. The zero-order valence-corrected chi connectivity index (χ0v) is 20.3. The van der Waals surface area contributed by atoms with Crippen molar-refractivity contribution in [3.63, 3.8) is 0 Å². The zero-order chi connectivity index (χ0) is 25.9. The minimum absolute atomic E-state index is 0.116. The Bertz CT molecular complexity index is 1210. The first kappa shape index (κ1) is 24.8. The molecule has 10 nitrogen and oxygen atoms in total. The summed E-state index contributed by atoms with van der Waals surface area (Å²) in [6.45, 7) is 3.28. The SMILES string of the molecule is CCOC(=O)C1=C(CN2C(=O)N[C@](CC)(c3ccc(OC)cc3)C2=O)NC(=O)N[C@H]1c1ccccc1. The molecule has 36 heavy (non-hydrogen) atoms. The minimum Gasteiger partial charge on any atom is -0.497 e. The first-order chi connectivity index (χ1) is 17.3. The van der Waals surface area contributed by atoms with Crippen LogP contribution in [-0.2, 0) is 19.9 Å². The van der Waals surface area contributed by atoms with Crippen molar-refractivity contribution in [2.75, 3.05) is 20.3 Å². The summed E-state index contributed by atoms with van der Waals surface area (Å²) in [5.41, 5.74) is 0.218. The van der Waals surface area contributed by atoms with E-state index in [1.165, 1.54) is 0 Å². The highest BCUT2D eigenvalue weighted by molar-refractivity contribution is 6.08. The maximum Gasteiger partial charge on any atom is 0.338 e. The normalized spacial score (nSPS) is 21.6. The largest absolute Gasteiger partial charge is 0.497 e. The van der Waals surface area contributed by atoms with E-state index < -0.39 is 35.5 Å². The molecule has 0 bridgehead atoms. The molecule has 2 aromatic rings. The Morgan fingerprint density at radius 3 is 2.33 bits per heavy atom. The molecule has 0 aliphatic carbocycles. The number of nitrogens with one attached hydrogen (secondary N) is 3. The van der Waals surface area contributed by atoms with Gasteiger partial charge in [-0.2, -0.15) is 0 Å². The van der Waals surface area contributed by atoms with Gasteiger partial charge in [0, 0.05) is 0 Å². The van der Waals surface area contributed by atoms with Gasteiger partial charge in [0.25, 0.3) is 5.91 Å². The van der Waals surface area contributed by atoms with Gasteiger partial charge in [0.05, 0.1) is 37.6 Å². The molecule has 0 radical (unpaired) electrons. The molecule has 3 N–H and O–H groups in total. The van der Waals surface area contributed by atoms with Gasteiger partial charge in [-0.15, -0.1) is 0 Å². The van der Waals surface area contributed by atoms with Gasteiger partial charge in [0.2, 0.25) is 0 Å². The second-order valence-corrected chi connectivity index (χ2v) is 8.36. The van der Waals surface area contributed by atoms with Crippen molar-refractivity contribution in [1.29, 1.82) is 0 Å². The Labute approximate surface area is 208 Å². The van der Waals surface area contributed by atoms with Crippen LogP contribution in [0.15, 0.2) is 65.9 Å². The van der Waals surface area contributed by atoms with Gasteiger partial charge < -0.3 is 25.4 Å². The minimum atomic E-state index is -1.29. The van der Waals surface area contributed by atoms with E-state index in [4.69, 9.17) is 9.47 Å². The molecule has 188 valence electrons. The highest BCUT2D eigenvalue weighted by Gasteiger charge is 2.52. The Morgan fingerprint density at radius 1 is 1.03 bits per heavy atom. The average molecular weight is 493 g/mol. The molecule has 0 spiro atoms. The standard InChI is InChI=1S/C26H28N4O6/c1-4-26(17-11-13-18(35-3)14-12-17)23(32)30(25(34)29-26)15-19-20(22(31)36-5-2)21(28-24(33)27-19)16-9-7-6-8-10-16/h6-14,21H,4-5,15H2,1-3H3,(H,29,34)(H2,27,28,33)/t21-,26+/m0/s1. The smallest absolute Gasteiger partial charge is 0.338 e. The van der Waals surface area contributed by atoms with Crippen LogP contribution >= 0.6 is 0 Å². The van der Waals surface area contributed by atoms with Crippen LogP contribution in [0, 0.1) is 0 Å². The van der Waals surface area contributed by atoms with Gasteiger partial charge in [-0.1, -0.05) is 49.4 Å². The predicted octanol–water partition coefficient (Wildman–Crippen LogP) is 2.72. The van der Waals surface area contributed by atoms with E-state index >= 15 is 0 Å². The number of rotatable bonds is 8. The molecular formula is C26H28N4O6. The van der Waals surface area contributed by atoms with Crippen molar-refractivity contribution in [3.05, 3.63) is 77.0 Å². The van der Waals surface area contributed by atoms with Crippen LogP contribution < -0.4 is 20.7 Å². The van der Waals surface area contributed by atoms with Crippen LogP contribution in [0.5, 0.6) is 5.75 Å². The number of hydrogen-bond acceptors (Lipinski definition) is 6. The summed E-state index contributed by atoms with van der Waals surface area (Å²) in [6, 6.07) is 13.8. The Balaban J connectivity index is 1.73. The number of urea groups is 2. The van der Waals surface area contributed by atoms with Crippen molar-refractivity contribution in [2.24, 2.45) is 0 Å². The lowest BCUT2D eigenvalue weighted by Gasteiger charge is -2.31. The molecule has 10 heteroatoms. The molecule has 0 unspecified atom stereocenters. The van der Waals surface area contributed by atoms with Crippen molar-refractivity contribution in [3.8, 4) is 5.75 Å². The van der Waals surface area contributed by atoms with E-state index in [0.29, 0.717) is 23.3 Å². The summed E-state index contributed by atoms with van der Waals surface area (Å²) < 4.78 is 10.5. The zero-order valence-electron chi connectivity index (χ0n) is 20.3. The van der Waals surface area contributed by atoms with Crippen molar-refractivity contribution < 1.29 is 28.7 Å². The fourth-order valence-electron chi connectivity index (χ4n) is 4.53. The number of benzene rings is 2. The van der Waals surface area contributed by atoms with Crippen LogP contribution in [0.25, 0.3) is 0 Å². The lowest BCUT2D eigenvalue weighted by atomic mass is 9.87. The van der Waals surface area contributed by atoms with E-state index in [2.05, 4.69) is 16.0 Å². The highest BCUT2D eigenvalue weighted by Crippen LogP contribution is 2.35. The quantitative estimate of drug-likeness (QED) is 0.384. The molecule has 1 saturated heterocycles. The van der Waals surface area contributed by atoms with Crippen molar-refractivity contribution >= 4 is 23.9 Å². The van der Waals surface area contributed by atoms with E-state index in [0.717, 1.165) is 4.90 Å². The highest BCUT2D eigenvalue weighted by atomic mass is 16.5.